The van der Waals surface area contributed by atoms with Crippen LogP contribution < -0.4 is 0 Å². The number of aromatic hydroxyl groups is 2. The van der Waals surface area contributed by atoms with E-state index < -0.39 is 0 Å². The van der Waals surface area contributed by atoms with Gasteiger partial charge in [0.05, 0.1) is 0 Å². The lowest BCUT2D eigenvalue weighted by Gasteiger charge is -2.01. The summed E-state index contributed by atoms with van der Waals surface area (Å²) in [4.78, 5) is 11.9. The number of phenolic OH excluding ortho intramolecular Hbond substituents is 2. The van der Waals surface area contributed by atoms with E-state index in [9.17, 15) is 15.0 Å². The molecule has 2 aromatic rings. The normalized spacial score (nSPS) is 11.4. The molecule has 0 fully saturated rings. The topological polar surface area (TPSA) is 57.5 Å². The number of carbonyl (C=O) groups excluding carboxylic acids is 1. The average molecular weight is 294 g/mol. The number of benzene rings is 2. The van der Waals surface area contributed by atoms with E-state index in [1.54, 1.807) is 48.6 Å². The first-order valence-corrected chi connectivity index (χ1v) is 6.95. The van der Waals surface area contributed by atoms with Gasteiger partial charge in [0.2, 0.25) is 0 Å². The summed E-state index contributed by atoms with van der Waals surface area (Å²) in [7, 11) is 0. The summed E-state index contributed by atoms with van der Waals surface area (Å²) >= 11 is 0. The maximum atomic E-state index is 11.9. The molecule has 0 atom stereocenters. The SMILES string of the molecule is Cc1cc(O)ccc1C=CC(=O)C=Cc1ccc(O)cc1C. The van der Waals surface area contributed by atoms with Gasteiger partial charge in [0.25, 0.3) is 0 Å². The van der Waals surface area contributed by atoms with Crippen LogP contribution in [-0.4, -0.2) is 16.0 Å². The van der Waals surface area contributed by atoms with Crippen LogP contribution in [0.4, 0.5) is 0 Å². The highest BCUT2D eigenvalue weighted by Gasteiger charge is 1.98. The van der Waals surface area contributed by atoms with Crippen molar-refractivity contribution in [2.45, 2.75) is 13.8 Å². The second-order valence-electron chi connectivity index (χ2n) is 5.15. The van der Waals surface area contributed by atoms with Crippen molar-refractivity contribution in [2.24, 2.45) is 0 Å². The number of carbonyl (C=O) groups is 1. The fourth-order valence-electron chi connectivity index (χ4n) is 2.09. The molecule has 0 radical (unpaired) electrons. The minimum Gasteiger partial charge on any atom is -0.508 e. The fraction of sp³-hybridized carbons (Fsp3) is 0.105. The Morgan fingerprint density at radius 2 is 1.23 bits per heavy atom. The number of phenols is 2. The second kappa shape index (κ2) is 6.76. The smallest absolute Gasteiger partial charge is 0.178 e. The zero-order valence-electron chi connectivity index (χ0n) is 12.6. The lowest BCUT2D eigenvalue weighted by Crippen LogP contribution is -1.87. The highest BCUT2D eigenvalue weighted by Crippen LogP contribution is 2.18. The summed E-state index contributed by atoms with van der Waals surface area (Å²) in [6.45, 7) is 3.75. The maximum absolute atomic E-state index is 11.9. The molecule has 3 heteroatoms. The Kier molecular flexibility index (Phi) is 4.79. The average Bonchev–Trinajstić information content (AvgIpc) is 2.45. The van der Waals surface area contributed by atoms with Crippen molar-refractivity contribution in [3.8, 4) is 11.5 Å². The fourth-order valence-corrected chi connectivity index (χ4v) is 2.09. The second-order valence-corrected chi connectivity index (χ2v) is 5.15. The van der Waals surface area contributed by atoms with Crippen LogP contribution in [0.15, 0.2) is 48.6 Å². The number of hydrogen-bond donors (Lipinski definition) is 2. The van der Waals surface area contributed by atoms with E-state index in [1.165, 1.54) is 12.2 Å². The number of rotatable bonds is 4. The van der Waals surface area contributed by atoms with Gasteiger partial charge in [-0.15, -0.1) is 0 Å². The molecule has 0 aliphatic rings. The van der Waals surface area contributed by atoms with Crippen molar-refractivity contribution in [1.29, 1.82) is 0 Å². The molecule has 0 saturated carbocycles. The summed E-state index contributed by atoms with van der Waals surface area (Å²) in [5.41, 5.74) is 3.59. The molecule has 0 bridgehead atoms. The van der Waals surface area contributed by atoms with Gasteiger partial charge in [0.1, 0.15) is 11.5 Å². The van der Waals surface area contributed by atoms with Crippen LogP contribution >= 0.6 is 0 Å². The van der Waals surface area contributed by atoms with E-state index in [2.05, 4.69) is 0 Å². The Morgan fingerprint density at radius 3 is 1.59 bits per heavy atom. The molecule has 0 aliphatic carbocycles. The van der Waals surface area contributed by atoms with E-state index in [0.29, 0.717) is 0 Å². The van der Waals surface area contributed by atoms with Crippen LogP contribution in [0.3, 0.4) is 0 Å². The van der Waals surface area contributed by atoms with Gasteiger partial charge in [-0.1, -0.05) is 24.3 Å². The highest BCUT2D eigenvalue weighted by molar-refractivity contribution is 6.04. The summed E-state index contributed by atoms with van der Waals surface area (Å²) in [6.07, 6.45) is 6.44. The zero-order chi connectivity index (χ0) is 16.1. The molecular weight excluding hydrogens is 276 g/mol. The van der Waals surface area contributed by atoms with Crippen LogP contribution in [0, 0.1) is 13.8 Å². The maximum Gasteiger partial charge on any atom is 0.178 e. The summed E-state index contributed by atoms with van der Waals surface area (Å²) in [5, 5.41) is 18.7. The number of ketones is 1. The summed E-state index contributed by atoms with van der Waals surface area (Å²) < 4.78 is 0. The van der Waals surface area contributed by atoms with Gasteiger partial charge >= 0.3 is 0 Å². The van der Waals surface area contributed by atoms with Crippen LogP contribution in [0.25, 0.3) is 12.2 Å². The van der Waals surface area contributed by atoms with Crippen LogP contribution in [0.5, 0.6) is 11.5 Å². The predicted molar refractivity (Wildman–Crippen MR) is 88.8 cm³/mol. The van der Waals surface area contributed by atoms with Gasteiger partial charge in [-0.2, -0.15) is 0 Å². The number of allylic oxidation sites excluding steroid dienone is 2. The monoisotopic (exact) mass is 294 g/mol. The third kappa shape index (κ3) is 4.09. The van der Waals surface area contributed by atoms with Gasteiger partial charge in [-0.25, -0.2) is 0 Å². The van der Waals surface area contributed by atoms with Crippen molar-refractivity contribution in [3.63, 3.8) is 0 Å². The molecule has 0 aromatic heterocycles. The Labute approximate surface area is 129 Å². The predicted octanol–water partition coefficient (Wildman–Crippen LogP) is 4.01. The lowest BCUT2D eigenvalue weighted by atomic mass is 10.1. The molecule has 0 amide bonds. The first-order valence-electron chi connectivity index (χ1n) is 6.95. The molecule has 2 N–H and O–H groups in total. The molecular formula is C19H18O3. The third-order valence-electron chi connectivity index (χ3n) is 3.36. The molecule has 2 aromatic carbocycles. The standard InChI is InChI=1S/C19H18O3/c1-13-11-18(21)9-5-15(13)3-7-17(20)8-4-16-6-10-19(22)12-14(16)2/h3-12,21-22H,1-2H3. The highest BCUT2D eigenvalue weighted by atomic mass is 16.3. The number of hydrogen-bond acceptors (Lipinski definition) is 3. The van der Waals surface area contributed by atoms with E-state index in [4.69, 9.17) is 0 Å². The van der Waals surface area contributed by atoms with Gasteiger partial charge in [-0.3, -0.25) is 4.79 Å². The minimum absolute atomic E-state index is 0.125. The van der Waals surface area contributed by atoms with E-state index in [0.717, 1.165) is 22.3 Å². The van der Waals surface area contributed by atoms with Crippen molar-refractivity contribution in [2.75, 3.05) is 0 Å². The first-order chi connectivity index (χ1) is 10.5. The first kappa shape index (κ1) is 15.6. The van der Waals surface area contributed by atoms with Gasteiger partial charge in [0, 0.05) is 0 Å². The van der Waals surface area contributed by atoms with Crippen LogP contribution in [0.1, 0.15) is 22.3 Å². The zero-order valence-corrected chi connectivity index (χ0v) is 12.6. The summed E-state index contributed by atoms with van der Waals surface area (Å²) in [6, 6.07) is 10.0. The molecule has 0 unspecified atom stereocenters. The Morgan fingerprint density at radius 1 is 0.818 bits per heavy atom. The van der Waals surface area contributed by atoms with Crippen molar-refractivity contribution < 1.29 is 15.0 Å². The quantitative estimate of drug-likeness (QED) is 0.838. The molecule has 2 rings (SSSR count). The Balaban J connectivity index is 2.09. The minimum atomic E-state index is -0.125. The Bertz CT molecular complexity index is 692. The molecule has 0 heterocycles. The molecule has 22 heavy (non-hydrogen) atoms. The molecule has 0 saturated heterocycles. The van der Waals surface area contributed by atoms with E-state index >= 15 is 0 Å². The van der Waals surface area contributed by atoms with Crippen molar-refractivity contribution >= 4 is 17.9 Å². The van der Waals surface area contributed by atoms with E-state index in [-0.39, 0.29) is 17.3 Å². The van der Waals surface area contributed by atoms with Crippen molar-refractivity contribution in [3.05, 3.63) is 70.8 Å². The summed E-state index contributed by atoms with van der Waals surface area (Å²) in [5.74, 6) is 0.298. The molecule has 0 spiro atoms. The molecule has 3 nitrogen and oxygen atoms in total. The molecule has 0 aliphatic heterocycles. The lowest BCUT2D eigenvalue weighted by molar-refractivity contribution is -0.110. The third-order valence-corrected chi connectivity index (χ3v) is 3.36. The Hall–Kier alpha value is -2.81. The molecule has 112 valence electrons. The van der Waals surface area contributed by atoms with Crippen LogP contribution in [-0.2, 0) is 4.79 Å². The van der Waals surface area contributed by atoms with Crippen molar-refractivity contribution in [1.82, 2.24) is 0 Å². The van der Waals surface area contributed by atoms with E-state index in [1.807, 2.05) is 13.8 Å². The van der Waals surface area contributed by atoms with Gasteiger partial charge < -0.3 is 10.2 Å². The van der Waals surface area contributed by atoms with Gasteiger partial charge in [0.15, 0.2) is 5.78 Å². The largest absolute Gasteiger partial charge is 0.508 e. The van der Waals surface area contributed by atoms with Gasteiger partial charge in [-0.05, 0) is 72.5 Å². The van der Waals surface area contributed by atoms with Crippen LogP contribution in [0.2, 0.25) is 0 Å². The number of aryl methyl sites for hydroxylation is 2.